The zero-order valence-corrected chi connectivity index (χ0v) is 16.5. The maximum Gasteiger partial charge on any atom is 0.251 e. The first-order valence-corrected chi connectivity index (χ1v) is 9.96. The zero-order valence-electron chi connectivity index (χ0n) is 15.7. The van der Waals surface area contributed by atoms with Crippen LogP contribution in [0.2, 0.25) is 0 Å². The van der Waals surface area contributed by atoms with Gasteiger partial charge in [0.25, 0.3) is 5.91 Å². The van der Waals surface area contributed by atoms with E-state index in [0.29, 0.717) is 11.1 Å². The average molecular weight is 386 g/mol. The highest BCUT2D eigenvalue weighted by Gasteiger charge is 2.19. The van der Waals surface area contributed by atoms with Crippen molar-refractivity contribution < 1.29 is 13.2 Å². The van der Waals surface area contributed by atoms with Gasteiger partial charge in [0.15, 0.2) is 0 Å². The van der Waals surface area contributed by atoms with Crippen molar-refractivity contribution in [2.24, 2.45) is 7.05 Å². The van der Waals surface area contributed by atoms with E-state index in [1.807, 2.05) is 35.9 Å². The number of carbonyl (C=O) groups is 1. The van der Waals surface area contributed by atoms with Crippen LogP contribution in [0.3, 0.4) is 0 Å². The Hall–Kier alpha value is -2.71. The molecule has 0 unspecified atom stereocenters. The number of benzene rings is 2. The smallest absolute Gasteiger partial charge is 0.251 e. The molecule has 0 fully saturated rings. The summed E-state index contributed by atoms with van der Waals surface area (Å²) in [7, 11) is -0.402. The van der Waals surface area contributed by atoms with Crippen LogP contribution in [0.15, 0.2) is 41.3 Å². The van der Waals surface area contributed by atoms with Crippen molar-refractivity contribution in [3.05, 3.63) is 58.9 Å². The standard InChI is InChI=1S/C19H22N4O3S/c1-12-9-14(10-17(13(12)2)27(25,26)20-3)19(24)21-11-18-22-15-7-5-6-8-16(15)23(18)4/h5-10,20H,11H2,1-4H3,(H,21,24). The summed E-state index contributed by atoms with van der Waals surface area (Å²) in [5.74, 6) is 0.370. The molecule has 0 saturated heterocycles. The van der Waals surface area contributed by atoms with Gasteiger partial charge in [0.2, 0.25) is 10.0 Å². The Labute approximate surface area is 158 Å². The van der Waals surface area contributed by atoms with Crippen LogP contribution >= 0.6 is 0 Å². The molecule has 142 valence electrons. The molecule has 0 aliphatic heterocycles. The number of hydrogen-bond donors (Lipinski definition) is 2. The van der Waals surface area contributed by atoms with Crippen molar-refractivity contribution in [1.82, 2.24) is 19.6 Å². The van der Waals surface area contributed by atoms with Crippen LogP contribution in [0.4, 0.5) is 0 Å². The third-order valence-corrected chi connectivity index (χ3v) is 6.27. The second kappa shape index (κ2) is 7.13. The normalized spacial score (nSPS) is 11.7. The van der Waals surface area contributed by atoms with Gasteiger partial charge >= 0.3 is 0 Å². The third-order valence-electron chi connectivity index (χ3n) is 4.73. The van der Waals surface area contributed by atoms with Gasteiger partial charge < -0.3 is 9.88 Å². The quantitative estimate of drug-likeness (QED) is 0.702. The highest BCUT2D eigenvalue weighted by atomic mass is 32.2. The van der Waals surface area contributed by atoms with Crippen LogP contribution in [-0.2, 0) is 23.6 Å². The Morgan fingerprint density at radius 1 is 1.19 bits per heavy atom. The molecule has 27 heavy (non-hydrogen) atoms. The Morgan fingerprint density at radius 2 is 1.89 bits per heavy atom. The van der Waals surface area contributed by atoms with Gasteiger partial charge in [-0.05, 0) is 56.3 Å². The Bertz CT molecular complexity index is 1130. The maximum absolute atomic E-state index is 12.6. The first-order valence-electron chi connectivity index (χ1n) is 8.48. The Morgan fingerprint density at radius 3 is 2.56 bits per heavy atom. The number of nitrogens with one attached hydrogen (secondary N) is 2. The second-order valence-corrected chi connectivity index (χ2v) is 8.24. The molecular formula is C19H22N4O3S. The number of nitrogens with zero attached hydrogens (tertiary/aromatic N) is 2. The lowest BCUT2D eigenvalue weighted by Crippen LogP contribution is -2.26. The second-order valence-electron chi connectivity index (χ2n) is 6.38. The van der Waals surface area contributed by atoms with Crippen LogP contribution in [0.25, 0.3) is 11.0 Å². The molecular weight excluding hydrogens is 364 g/mol. The van der Waals surface area contributed by atoms with Gasteiger partial charge in [0, 0.05) is 12.6 Å². The summed E-state index contributed by atoms with van der Waals surface area (Å²) in [4.78, 5) is 17.2. The van der Waals surface area contributed by atoms with E-state index in [1.54, 1.807) is 19.9 Å². The highest BCUT2D eigenvalue weighted by Crippen LogP contribution is 2.21. The van der Waals surface area contributed by atoms with E-state index in [1.165, 1.54) is 13.1 Å². The fraction of sp³-hybridized carbons (Fsp3) is 0.263. The minimum Gasteiger partial charge on any atom is -0.345 e. The minimum absolute atomic E-state index is 0.109. The van der Waals surface area contributed by atoms with Crippen LogP contribution in [0, 0.1) is 13.8 Å². The molecule has 1 aromatic heterocycles. The number of aromatic nitrogens is 2. The third kappa shape index (κ3) is 3.58. The van der Waals surface area contributed by atoms with E-state index < -0.39 is 10.0 Å². The summed E-state index contributed by atoms with van der Waals surface area (Å²) in [6.07, 6.45) is 0. The van der Waals surface area contributed by atoms with Crippen molar-refractivity contribution in [3.8, 4) is 0 Å². The predicted octanol–water partition coefficient (Wildman–Crippen LogP) is 2.03. The molecule has 0 saturated carbocycles. The monoisotopic (exact) mass is 386 g/mol. The van der Waals surface area contributed by atoms with Gasteiger partial charge in [-0.3, -0.25) is 4.79 Å². The van der Waals surface area contributed by atoms with Gasteiger partial charge in [-0.25, -0.2) is 18.1 Å². The van der Waals surface area contributed by atoms with Crippen molar-refractivity contribution in [1.29, 1.82) is 0 Å². The Balaban J connectivity index is 1.87. The lowest BCUT2D eigenvalue weighted by molar-refractivity contribution is 0.0949. The molecule has 0 atom stereocenters. The topological polar surface area (TPSA) is 93.1 Å². The van der Waals surface area contributed by atoms with Gasteiger partial charge in [0.1, 0.15) is 5.82 Å². The number of carbonyl (C=O) groups excluding carboxylic acids is 1. The number of rotatable bonds is 5. The highest BCUT2D eigenvalue weighted by molar-refractivity contribution is 7.89. The lowest BCUT2D eigenvalue weighted by Gasteiger charge is -2.12. The van der Waals surface area contributed by atoms with Crippen LogP contribution in [0.1, 0.15) is 27.3 Å². The predicted molar refractivity (Wildman–Crippen MR) is 104 cm³/mol. The Kier molecular flexibility index (Phi) is 5.03. The van der Waals surface area contributed by atoms with Gasteiger partial charge in [-0.2, -0.15) is 0 Å². The largest absolute Gasteiger partial charge is 0.345 e. The van der Waals surface area contributed by atoms with Crippen molar-refractivity contribution in [3.63, 3.8) is 0 Å². The number of imidazole rings is 1. The number of sulfonamides is 1. The lowest BCUT2D eigenvalue weighted by atomic mass is 10.1. The molecule has 3 aromatic rings. The van der Waals surface area contributed by atoms with E-state index in [2.05, 4.69) is 15.0 Å². The SMILES string of the molecule is CNS(=O)(=O)c1cc(C(=O)NCc2nc3ccccc3n2C)cc(C)c1C. The molecule has 3 rings (SSSR count). The summed E-state index contributed by atoms with van der Waals surface area (Å²) < 4.78 is 28.7. The summed E-state index contributed by atoms with van der Waals surface area (Å²) in [6.45, 7) is 3.75. The summed E-state index contributed by atoms with van der Waals surface area (Å²) in [5.41, 5.74) is 3.49. The molecule has 0 aliphatic carbocycles. The number of aryl methyl sites for hydroxylation is 2. The van der Waals surface area contributed by atoms with Gasteiger partial charge in [0.05, 0.1) is 22.5 Å². The van der Waals surface area contributed by atoms with Crippen LogP contribution < -0.4 is 10.0 Å². The molecule has 0 aliphatic rings. The average Bonchev–Trinajstić information content (AvgIpc) is 2.97. The van der Waals surface area contributed by atoms with E-state index >= 15 is 0 Å². The first-order chi connectivity index (χ1) is 12.7. The molecule has 0 bridgehead atoms. The summed E-state index contributed by atoms with van der Waals surface area (Å²) in [5, 5.41) is 2.82. The first kappa shape index (κ1) is 19.1. The van der Waals surface area contributed by atoms with E-state index in [0.717, 1.165) is 22.4 Å². The number of para-hydroxylation sites is 2. The van der Waals surface area contributed by atoms with Crippen LogP contribution in [-0.4, -0.2) is 30.9 Å². The molecule has 1 amide bonds. The fourth-order valence-corrected chi connectivity index (χ4v) is 4.03. The molecule has 7 nitrogen and oxygen atoms in total. The molecule has 1 heterocycles. The van der Waals surface area contributed by atoms with Crippen molar-refractivity contribution in [2.75, 3.05) is 7.05 Å². The van der Waals surface area contributed by atoms with Gasteiger partial charge in [-0.1, -0.05) is 12.1 Å². The molecule has 0 spiro atoms. The van der Waals surface area contributed by atoms with Gasteiger partial charge in [-0.15, -0.1) is 0 Å². The molecule has 0 radical (unpaired) electrons. The van der Waals surface area contributed by atoms with E-state index in [9.17, 15) is 13.2 Å². The number of amides is 1. The maximum atomic E-state index is 12.6. The number of hydrogen-bond acceptors (Lipinski definition) is 4. The van der Waals surface area contributed by atoms with Crippen LogP contribution in [0.5, 0.6) is 0 Å². The zero-order chi connectivity index (χ0) is 19.8. The van der Waals surface area contributed by atoms with E-state index in [-0.39, 0.29) is 17.3 Å². The minimum atomic E-state index is -3.64. The molecule has 8 heteroatoms. The molecule has 2 aromatic carbocycles. The fourth-order valence-electron chi connectivity index (χ4n) is 2.96. The molecule has 2 N–H and O–H groups in total. The summed E-state index contributed by atoms with van der Waals surface area (Å²) in [6, 6.07) is 10.8. The van der Waals surface area contributed by atoms with Crippen molar-refractivity contribution >= 4 is 27.0 Å². The number of fused-ring (bicyclic) bond motifs is 1. The van der Waals surface area contributed by atoms with Crippen molar-refractivity contribution in [2.45, 2.75) is 25.3 Å². The summed E-state index contributed by atoms with van der Waals surface area (Å²) >= 11 is 0. The van der Waals surface area contributed by atoms with E-state index in [4.69, 9.17) is 0 Å².